The number of benzene rings is 1. The van der Waals surface area contributed by atoms with E-state index in [-0.39, 0.29) is 4.90 Å². The Labute approximate surface area is 104 Å². The topological polar surface area (TPSA) is 80.5 Å². The molecular weight excluding hydrogens is 263 g/mol. The minimum atomic E-state index is -3.80. The van der Waals surface area contributed by atoms with Crippen LogP contribution in [0.5, 0.6) is 0 Å². The van der Waals surface area contributed by atoms with Crippen molar-refractivity contribution >= 4 is 15.7 Å². The first-order valence-corrected chi connectivity index (χ1v) is 6.65. The summed E-state index contributed by atoms with van der Waals surface area (Å²) in [7, 11) is -2.42. The maximum Gasteiger partial charge on any atom is 0.304 e. The van der Waals surface area contributed by atoms with Crippen molar-refractivity contribution in [2.75, 3.05) is 13.6 Å². The van der Waals surface area contributed by atoms with Gasteiger partial charge in [0.2, 0.25) is 15.8 Å². The van der Waals surface area contributed by atoms with E-state index in [9.17, 15) is 22.9 Å². The molecule has 0 amide bonds. The Kier molecular flexibility index (Phi) is 4.36. The lowest BCUT2D eigenvalue weighted by atomic mass is 10.3. The molecule has 0 radical (unpaired) electrons. The van der Waals surface area contributed by atoms with Gasteiger partial charge in [0.15, 0.2) is 0 Å². The van der Waals surface area contributed by atoms with Crippen LogP contribution in [-0.2, 0) is 10.0 Å². The lowest BCUT2D eigenvalue weighted by Gasteiger charge is -2.15. The lowest BCUT2D eigenvalue weighted by Crippen LogP contribution is -2.27. The molecule has 0 aliphatic rings. The van der Waals surface area contributed by atoms with Crippen LogP contribution in [0.25, 0.3) is 0 Å². The van der Waals surface area contributed by atoms with Crippen molar-refractivity contribution < 1.29 is 17.7 Å². The second-order valence-corrected chi connectivity index (χ2v) is 5.74. The fraction of sp³-hybridized carbons (Fsp3) is 0.400. The zero-order valence-corrected chi connectivity index (χ0v) is 10.8. The van der Waals surface area contributed by atoms with Gasteiger partial charge in [-0.05, 0) is 12.5 Å². The zero-order valence-electron chi connectivity index (χ0n) is 9.96. The van der Waals surface area contributed by atoms with Gasteiger partial charge in [0.25, 0.3) is 0 Å². The van der Waals surface area contributed by atoms with Gasteiger partial charge in [-0.3, -0.25) is 10.1 Å². The molecule has 0 heterocycles. The van der Waals surface area contributed by atoms with Gasteiger partial charge < -0.3 is 0 Å². The summed E-state index contributed by atoms with van der Waals surface area (Å²) in [4.78, 5) is 9.23. The summed E-state index contributed by atoms with van der Waals surface area (Å²) in [6, 6.07) is 2.55. The Morgan fingerprint density at radius 3 is 2.50 bits per heavy atom. The van der Waals surface area contributed by atoms with Crippen molar-refractivity contribution in [2.24, 2.45) is 0 Å². The molecule has 0 aliphatic heterocycles. The summed E-state index contributed by atoms with van der Waals surface area (Å²) < 4.78 is 38.3. The van der Waals surface area contributed by atoms with Crippen molar-refractivity contribution in [3.05, 3.63) is 34.1 Å². The van der Waals surface area contributed by atoms with Crippen molar-refractivity contribution in [3.63, 3.8) is 0 Å². The first-order valence-electron chi connectivity index (χ1n) is 5.21. The van der Waals surface area contributed by atoms with E-state index < -0.39 is 26.5 Å². The van der Waals surface area contributed by atoms with Gasteiger partial charge in [-0.1, -0.05) is 6.92 Å². The zero-order chi connectivity index (χ0) is 13.9. The molecule has 0 fully saturated rings. The molecule has 1 aromatic rings. The summed E-state index contributed by atoms with van der Waals surface area (Å²) in [5.74, 6) is -1.16. The van der Waals surface area contributed by atoms with E-state index in [1.807, 2.05) is 6.92 Å². The monoisotopic (exact) mass is 276 g/mol. The standard InChI is InChI=1S/C10H13FN2O4S/c1-3-6-12(2)18(16,17)8-4-5-10(13(14)15)9(11)7-8/h4-5,7H,3,6H2,1-2H3. The minimum Gasteiger partial charge on any atom is -0.258 e. The molecule has 100 valence electrons. The van der Waals surface area contributed by atoms with Gasteiger partial charge >= 0.3 is 5.69 Å². The first kappa shape index (κ1) is 14.5. The van der Waals surface area contributed by atoms with Gasteiger partial charge in [-0.25, -0.2) is 12.7 Å². The van der Waals surface area contributed by atoms with E-state index in [0.717, 1.165) is 16.4 Å². The number of nitro benzene ring substituents is 1. The first-order chi connectivity index (χ1) is 8.30. The average molecular weight is 276 g/mol. The molecule has 0 saturated heterocycles. The number of sulfonamides is 1. The Morgan fingerprint density at radius 1 is 1.44 bits per heavy atom. The molecule has 1 rings (SSSR count). The van der Waals surface area contributed by atoms with E-state index in [1.54, 1.807) is 0 Å². The van der Waals surface area contributed by atoms with Crippen LogP contribution in [0.3, 0.4) is 0 Å². The molecule has 0 atom stereocenters. The fourth-order valence-corrected chi connectivity index (χ4v) is 2.69. The molecule has 18 heavy (non-hydrogen) atoms. The van der Waals surface area contributed by atoms with Crippen LogP contribution >= 0.6 is 0 Å². The van der Waals surface area contributed by atoms with Crippen LogP contribution in [0.15, 0.2) is 23.1 Å². The second kappa shape index (κ2) is 5.40. The van der Waals surface area contributed by atoms with Gasteiger partial charge in [0.1, 0.15) is 0 Å². The summed E-state index contributed by atoms with van der Waals surface area (Å²) in [6.07, 6.45) is 0.616. The highest BCUT2D eigenvalue weighted by Crippen LogP contribution is 2.22. The largest absolute Gasteiger partial charge is 0.304 e. The SMILES string of the molecule is CCCN(C)S(=O)(=O)c1ccc([N+](=O)[O-])c(F)c1. The Hall–Kier alpha value is -1.54. The quantitative estimate of drug-likeness (QED) is 0.606. The molecular formula is C10H13FN2O4S. The molecule has 0 spiro atoms. The third-order valence-corrected chi connectivity index (χ3v) is 4.22. The van der Waals surface area contributed by atoms with E-state index in [1.165, 1.54) is 7.05 Å². The molecule has 8 heteroatoms. The molecule has 0 bridgehead atoms. The van der Waals surface area contributed by atoms with E-state index >= 15 is 0 Å². The van der Waals surface area contributed by atoms with Crippen LogP contribution in [0.4, 0.5) is 10.1 Å². The number of halogens is 1. The fourth-order valence-electron chi connectivity index (χ4n) is 1.41. The summed E-state index contributed by atoms with van der Waals surface area (Å²) >= 11 is 0. The Morgan fingerprint density at radius 2 is 2.06 bits per heavy atom. The van der Waals surface area contributed by atoms with Gasteiger partial charge in [-0.2, -0.15) is 4.39 Å². The summed E-state index contributed by atoms with van der Waals surface area (Å²) in [5.41, 5.74) is -0.743. The van der Waals surface area contributed by atoms with Crippen molar-refractivity contribution in [2.45, 2.75) is 18.2 Å². The van der Waals surface area contributed by atoms with Crippen molar-refractivity contribution in [1.29, 1.82) is 0 Å². The van der Waals surface area contributed by atoms with Crippen molar-refractivity contribution in [3.8, 4) is 0 Å². The smallest absolute Gasteiger partial charge is 0.258 e. The van der Waals surface area contributed by atoms with E-state index in [0.29, 0.717) is 19.0 Å². The summed E-state index contributed by atoms with van der Waals surface area (Å²) in [5, 5.41) is 10.4. The van der Waals surface area contributed by atoms with Crippen LogP contribution in [0.1, 0.15) is 13.3 Å². The third kappa shape index (κ3) is 2.82. The van der Waals surface area contributed by atoms with Crippen molar-refractivity contribution in [1.82, 2.24) is 4.31 Å². The molecule has 6 nitrogen and oxygen atoms in total. The van der Waals surface area contributed by atoms with Gasteiger partial charge in [-0.15, -0.1) is 0 Å². The number of hydrogen-bond donors (Lipinski definition) is 0. The highest BCUT2D eigenvalue weighted by molar-refractivity contribution is 7.89. The van der Waals surface area contributed by atoms with Crippen LogP contribution in [-0.4, -0.2) is 31.2 Å². The van der Waals surface area contributed by atoms with Gasteiger partial charge in [0.05, 0.1) is 9.82 Å². The molecule has 0 aliphatic carbocycles. The third-order valence-electron chi connectivity index (χ3n) is 2.36. The molecule has 0 N–H and O–H groups in total. The number of nitro groups is 1. The minimum absolute atomic E-state index is 0.290. The van der Waals surface area contributed by atoms with Crippen LogP contribution in [0.2, 0.25) is 0 Å². The Bertz CT molecular complexity index is 559. The molecule has 0 unspecified atom stereocenters. The van der Waals surface area contributed by atoms with Gasteiger partial charge in [0, 0.05) is 25.7 Å². The van der Waals surface area contributed by atoms with E-state index in [2.05, 4.69) is 0 Å². The van der Waals surface area contributed by atoms with Crippen LogP contribution < -0.4 is 0 Å². The second-order valence-electron chi connectivity index (χ2n) is 3.70. The Balaban J connectivity index is 3.19. The maximum atomic E-state index is 13.4. The highest BCUT2D eigenvalue weighted by Gasteiger charge is 2.23. The predicted octanol–water partition coefficient (Wildman–Crippen LogP) is 1.76. The normalized spacial score (nSPS) is 11.8. The molecule has 0 saturated carbocycles. The highest BCUT2D eigenvalue weighted by atomic mass is 32.2. The predicted molar refractivity (Wildman–Crippen MR) is 63.2 cm³/mol. The summed E-state index contributed by atoms with van der Waals surface area (Å²) in [6.45, 7) is 2.10. The van der Waals surface area contributed by atoms with E-state index in [4.69, 9.17) is 0 Å². The molecule has 1 aromatic carbocycles. The molecule has 0 aromatic heterocycles. The lowest BCUT2D eigenvalue weighted by molar-refractivity contribution is -0.387. The number of rotatable bonds is 5. The average Bonchev–Trinajstić information content (AvgIpc) is 2.28. The number of hydrogen-bond acceptors (Lipinski definition) is 4. The maximum absolute atomic E-state index is 13.4. The van der Waals surface area contributed by atoms with Crippen LogP contribution in [0, 0.1) is 15.9 Å². The number of nitrogens with zero attached hydrogens (tertiary/aromatic N) is 2.